The van der Waals surface area contributed by atoms with Crippen LogP contribution < -0.4 is 5.32 Å². The Morgan fingerprint density at radius 2 is 2.00 bits per heavy atom. The predicted molar refractivity (Wildman–Crippen MR) is 98.7 cm³/mol. The lowest BCUT2D eigenvalue weighted by atomic mass is 10.1. The van der Waals surface area contributed by atoms with E-state index >= 15 is 0 Å². The minimum Gasteiger partial charge on any atom is -0.480 e. The first kappa shape index (κ1) is 22.0. The number of nitrogens with zero attached hydrogens (tertiary/aromatic N) is 1. The summed E-state index contributed by atoms with van der Waals surface area (Å²) in [7, 11) is 0. The van der Waals surface area contributed by atoms with Gasteiger partial charge in [-0.25, -0.2) is 13.6 Å². The van der Waals surface area contributed by atoms with Gasteiger partial charge >= 0.3 is 5.97 Å². The molecule has 1 unspecified atom stereocenters. The highest BCUT2D eigenvalue weighted by molar-refractivity contribution is 7.80. The van der Waals surface area contributed by atoms with Crippen LogP contribution in [0.2, 0.25) is 0 Å². The normalized spacial score (nSPS) is 14.7. The molecule has 8 heteroatoms. The lowest BCUT2D eigenvalue weighted by Gasteiger charge is -2.18. The Hall–Kier alpha value is -2.09. The van der Waals surface area contributed by atoms with E-state index in [1.54, 1.807) is 19.9 Å². The summed E-state index contributed by atoms with van der Waals surface area (Å²) < 4.78 is 26.3. The lowest BCUT2D eigenvalue weighted by molar-refractivity contribution is -0.142. The minimum atomic E-state index is -0.991. The number of hydrogen-bond acceptors (Lipinski definition) is 3. The molecule has 1 aliphatic heterocycles. The number of carbonyl (C=O) groups excluding carboxylic acids is 1. The van der Waals surface area contributed by atoms with E-state index in [1.807, 2.05) is 4.90 Å². The first-order valence-electron chi connectivity index (χ1n) is 8.34. The predicted octanol–water partition coefficient (Wildman–Crippen LogP) is 3.12. The molecule has 1 aromatic carbocycles. The van der Waals surface area contributed by atoms with Crippen LogP contribution in [0.5, 0.6) is 0 Å². The van der Waals surface area contributed by atoms with Gasteiger partial charge in [-0.15, -0.1) is 0 Å². The SMILES string of the molecule is CC(=O)NC(C(=O)O)C(C)C.Fc1cccc(CN2CCCC2=S)c1F. The fourth-order valence-electron chi connectivity index (χ4n) is 2.48. The average molecular weight is 386 g/mol. The van der Waals surface area contributed by atoms with Gasteiger partial charge in [0, 0.05) is 25.6 Å². The molecule has 1 atom stereocenters. The summed E-state index contributed by atoms with van der Waals surface area (Å²) in [6.07, 6.45) is 1.89. The van der Waals surface area contributed by atoms with E-state index < -0.39 is 23.6 Å². The zero-order chi connectivity index (χ0) is 19.9. The second-order valence-electron chi connectivity index (χ2n) is 6.39. The highest BCUT2D eigenvalue weighted by Gasteiger charge is 2.21. The zero-order valence-corrected chi connectivity index (χ0v) is 15.9. The maximum atomic E-state index is 13.3. The first-order valence-corrected chi connectivity index (χ1v) is 8.74. The van der Waals surface area contributed by atoms with E-state index in [0.29, 0.717) is 12.1 Å². The van der Waals surface area contributed by atoms with E-state index in [1.165, 1.54) is 13.0 Å². The molecule has 0 aliphatic carbocycles. The van der Waals surface area contributed by atoms with E-state index in [0.717, 1.165) is 30.4 Å². The fraction of sp³-hybridized carbons (Fsp3) is 0.500. The number of carboxylic acid groups (broad SMARTS) is 1. The van der Waals surface area contributed by atoms with E-state index in [-0.39, 0.29) is 11.8 Å². The average Bonchev–Trinajstić information content (AvgIpc) is 2.94. The van der Waals surface area contributed by atoms with Crippen LogP contribution in [0.25, 0.3) is 0 Å². The van der Waals surface area contributed by atoms with Gasteiger partial charge in [0.05, 0.1) is 4.99 Å². The number of carboxylic acids is 1. The van der Waals surface area contributed by atoms with Crippen molar-refractivity contribution in [1.29, 1.82) is 0 Å². The number of rotatable bonds is 5. The van der Waals surface area contributed by atoms with Crippen LogP contribution in [0.3, 0.4) is 0 Å². The molecule has 0 saturated carbocycles. The minimum absolute atomic E-state index is 0.0867. The van der Waals surface area contributed by atoms with Crippen molar-refractivity contribution >= 4 is 29.1 Å². The van der Waals surface area contributed by atoms with E-state index in [2.05, 4.69) is 5.32 Å². The fourth-order valence-corrected chi connectivity index (χ4v) is 2.78. The molecule has 0 spiro atoms. The number of likely N-dealkylation sites (tertiary alicyclic amines) is 1. The van der Waals surface area contributed by atoms with Crippen LogP contribution in [0.1, 0.15) is 39.2 Å². The summed E-state index contributed by atoms with van der Waals surface area (Å²) in [6, 6.07) is 3.47. The van der Waals surface area contributed by atoms with E-state index in [9.17, 15) is 18.4 Å². The van der Waals surface area contributed by atoms with Crippen molar-refractivity contribution < 1.29 is 23.5 Å². The van der Waals surface area contributed by atoms with Crippen molar-refractivity contribution in [3.63, 3.8) is 0 Å². The monoisotopic (exact) mass is 386 g/mol. The number of benzene rings is 1. The maximum absolute atomic E-state index is 13.3. The Morgan fingerprint density at radius 1 is 1.35 bits per heavy atom. The molecular weight excluding hydrogens is 362 g/mol. The van der Waals surface area contributed by atoms with Crippen LogP contribution in [0.4, 0.5) is 8.78 Å². The van der Waals surface area contributed by atoms with Crippen molar-refractivity contribution in [2.45, 2.75) is 46.2 Å². The topological polar surface area (TPSA) is 69.6 Å². The smallest absolute Gasteiger partial charge is 0.326 e. The number of carbonyl (C=O) groups is 2. The summed E-state index contributed by atoms with van der Waals surface area (Å²) >= 11 is 5.13. The summed E-state index contributed by atoms with van der Waals surface area (Å²) in [4.78, 5) is 23.7. The van der Waals surface area contributed by atoms with Crippen LogP contribution in [-0.2, 0) is 16.1 Å². The standard InChI is InChI=1S/C11H11F2NS.C7H13NO3/c12-9-4-1-3-8(11(9)13)7-14-6-2-5-10(14)15;1-4(2)6(7(10)11)8-5(3)9/h1,3-4H,2,5-7H2;4,6H,1-3H3,(H,8,9)(H,10,11). The Kier molecular flexibility index (Phi) is 8.57. The third-order valence-corrected chi connectivity index (χ3v) is 4.32. The van der Waals surface area contributed by atoms with Crippen LogP contribution >= 0.6 is 12.2 Å². The molecule has 0 bridgehead atoms. The Morgan fingerprint density at radius 3 is 2.42 bits per heavy atom. The molecule has 1 amide bonds. The first-order chi connectivity index (χ1) is 12.1. The Balaban J connectivity index is 0.000000276. The van der Waals surface area contributed by atoms with Crippen LogP contribution in [0, 0.1) is 17.6 Å². The lowest BCUT2D eigenvalue weighted by Crippen LogP contribution is -2.43. The number of aliphatic carboxylic acids is 1. The molecule has 0 aromatic heterocycles. The zero-order valence-electron chi connectivity index (χ0n) is 15.1. The van der Waals surface area contributed by atoms with Crippen molar-refractivity contribution in [2.75, 3.05) is 6.54 Å². The van der Waals surface area contributed by atoms with Gasteiger partial charge in [-0.2, -0.15) is 0 Å². The Bertz CT molecular complexity index is 668. The van der Waals surface area contributed by atoms with Crippen molar-refractivity contribution in [1.82, 2.24) is 10.2 Å². The van der Waals surface area contributed by atoms with Gasteiger partial charge in [0.25, 0.3) is 0 Å². The van der Waals surface area contributed by atoms with Gasteiger partial charge < -0.3 is 15.3 Å². The molecule has 1 aromatic rings. The molecule has 2 N–H and O–H groups in total. The highest BCUT2D eigenvalue weighted by atomic mass is 32.1. The van der Waals surface area contributed by atoms with E-state index in [4.69, 9.17) is 17.3 Å². The summed E-state index contributed by atoms with van der Waals surface area (Å²) in [5.74, 6) is -2.94. The summed E-state index contributed by atoms with van der Waals surface area (Å²) in [6.45, 7) is 6.01. The van der Waals surface area contributed by atoms with Crippen molar-refractivity contribution in [3.8, 4) is 0 Å². The molecular formula is C18H24F2N2O3S. The number of nitrogens with one attached hydrogen (secondary N) is 1. The van der Waals surface area contributed by atoms with Crippen LogP contribution in [-0.4, -0.2) is 39.5 Å². The number of amides is 1. The number of hydrogen-bond donors (Lipinski definition) is 2. The van der Waals surface area contributed by atoms with Gasteiger partial charge in [0.1, 0.15) is 6.04 Å². The molecule has 1 saturated heterocycles. The van der Waals surface area contributed by atoms with Crippen molar-refractivity contribution in [3.05, 3.63) is 35.4 Å². The van der Waals surface area contributed by atoms with Gasteiger partial charge in [-0.05, 0) is 24.8 Å². The molecule has 0 radical (unpaired) electrons. The molecule has 1 fully saturated rings. The highest BCUT2D eigenvalue weighted by Crippen LogP contribution is 2.18. The third kappa shape index (κ3) is 6.67. The molecule has 5 nitrogen and oxygen atoms in total. The summed E-state index contributed by atoms with van der Waals surface area (Å²) in [5.41, 5.74) is 0.374. The van der Waals surface area contributed by atoms with Crippen molar-refractivity contribution in [2.24, 2.45) is 5.92 Å². The number of halogens is 2. The Labute approximate surface area is 157 Å². The second kappa shape index (κ2) is 10.2. The molecule has 2 rings (SSSR count). The van der Waals surface area contributed by atoms with Crippen LogP contribution in [0.15, 0.2) is 18.2 Å². The molecule has 26 heavy (non-hydrogen) atoms. The number of thiocarbonyl (C=S) groups is 1. The maximum Gasteiger partial charge on any atom is 0.326 e. The van der Waals surface area contributed by atoms with Gasteiger partial charge in [0.2, 0.25) is 5.91 Å². The summed E-state index contributed by atoms with van der Waals surface area (Å²) in [5, 5.41) is 10.9. The molecule has 1 aliphatic rings. The second-order valence-corrected chi connectivity index (χ2v) is 6.86. The van der Waals surface area contributed by atoms with Gasteiger partial charge in [0.15, 0.2) is 11.6 Å². The quantitative estimate of drug-likeness (QED) is 0.761. The molecule has 1 heterocycles. The van der Waals surface area contributed by atoms with Gasteiger partial charge in [-0.1, -0.05) is 38.2 Å². The van der Waals surface area contributed by atoms with Gasteiger partial charge in [-0.3, -0.25) is 4.79 Å². The molecule has 144 valence electrons. The largest absolute Gasteiger partial charge is 0.480 e. The third-order valence-electron chi connectivity index (χ3n) is 3.86.